The summed E-state index contributed by atoms with van der Waals surface area (Å²) in [5, 5.41) is 3.27. The number of hydrogen-bond acceptors (Lipinski definition) is 2. The van der Waals surface area contributed by atoms with E-state index in [1.54, 1.807) is 0 Å². The highest BCUT2D eigenvalue weighted by molar-refractivity contribution is 5.15. The number of hydrogen-bond donors (Lipinski definition) is 2. The zero-order chi connectivity index (χ0) is 9.52. The van der Waals surface area contributed by atoms with E-state index in [4.69, 9.17) is 5.73 Å². The summed E-state index contributed by atoms with van der Waals surface area (Å²) in [5.41, 5.74) is 6.89. The minimum absolute atomic E-state index is 0.507. The van der Waals surface area contributed by atoms with E-state index in [1.165, 1.54) is 5.56 Å². The van der Waals surface area contributed by atoms with Crippen LogP contribution in [-0.4, -0.2) is 19.6 Å². The topological polar surface area (TPSA) is 38.0 Å². The lowest BCUT2D eigenvalue weighted by atomic mass is 10.0. The quantitative estimate of drug-likeness (QED) is 0.710. The number of benzene rings is 1. The summed E-state index contributed by atoms with van der Waals surface area (Å²) in [6.07, 6.45) is 2.10. The van der Waals surface area contributed by atoms with Crippen molar-refractivity contribution in [2.75, 3.05) is 13.6 Å². The van der Waals surface area contributed by atoms with Crippen LogP contribution in [0.4, 0.5) is 0 Å². The fourth-order valence-corrected chi connectivity index (χ4v) is 1.45. The molecule has 2 nitrogen and oxygen atoms in total. The molecule has 2 heteroatoms. The second kappa shape index (κ2) is 5.73. The molecule has 0 radical (unpaired) electrons. The Balaban J connectivity index is 2.46. The molecule has 0 aliphatic carbocycles. The van der Waals surface area contributed by atoms with Gasteiger partial charge in [0.1, 0.15) is 0 Å². The van der Waals surface area contributed by atoms with Gasteiger partial charge in [-0.25, -0.2) is 0 Å². The lowest BCUT2D eigenvalue weighted by molar-refractivity contribution is 0.526. The van der Waals surface area contributed by atoms with Crippen molar-refractivity contribution in [3.63, 3.8) is 0 Å². The molecule has 0 aliphatic rings. The van der Waals surface area contributed by atoms with Gasteiger partial charge in [-0.05, 0) is 32.0 Å². The zero-order valence-corrected chi connectivity index (χ0v) is 8.16. The van der Waals surface area contributed by atoms with Gasteiger partial charge in [0, 0.05) is 6.04 Å². The van der Waals surface area contributed by atoms with Gasteiger partial charge < -0.3 is 11.1 Å². The maximum absolute atomic E-state index is 5.52. The average Bonchev–Trinajstić information content (AvgIpc) is 2.19. The second-order valence-corrected chi connectivity index (χ2v) is 3.25. The normalized spacial score (nSPS) is 12.8. The molecule has 1 aromatic carbocycles. The molecule has 1 aromatic rings. The Morgan fingerprint density at radius 1 is 1.31 bits per heavy atom. The zero-order valence-electron chi connectivity index (χ0n) is 8.16. The van der Waals surface area contributed by atoms with Crippen molar-refractivity contribution < 1.29 is 0 Å². The van der Waals surface area contributed by atoms with Crippen LogP contribution >= 0.6 is 0 Å². The van der Waals surface area contributed by atoms with Crippen LogP contribution in [-0.2, 0) is 6.42 Å². The third kappa shape index (κ3) is 3.57. The first-order chi connectivity index (χ1) is 6.36. The van der Waals surface area contributed by atoms with E-state index in [2.05, 4.69) is 29.6 Å². The number of nitrogens with one attached hydrogen (secondary N) is 1. The molecule has 1 rings (SSSR count). The molecule has 0 amide bonds. The van der Waals surface area contributed by atoms with Crippen LogP contribution in [0.25, 0.3) is 0 Å². The van der Waals surface area contributed by atoms with Crippen molar-refractivity contribution >= 4 is 0 Å². The summed E-state index contributed by atoms with van der Waals surface area (Å²) >= 11 is 0. The fraction of sp³-hybridized carbons (Fsp3) is 0.455. The molecule has 72 valence electrons. The van der Waals surface area contributed by atoms with Crippen LogP contribution in [0.5, 0.6) is 0 Å². The van der Waals surface area contributed by atoms with Gasteiger partial charge in [0.05, 0.1) is 0 Å². The van der Waals surface area contributed by atoms with Gasteiger partial charge in [0.2, 0.25) is 0 Å². The number of nitrogens with two attached hydrogens (primary N) is 1. The van der Waals surface area contributed by atoms with Gasteiger partial charge in [-0.1, -0.05) is 30.3 Å². The monoisotopic (exact) mass is 178 g/mol. The summed E-state index contributed by atoms with van der Waals surface area (Å²) in [6, 6.07) is 11.0. The molecule has 13 heavy (non-hydrogen) atoms. The molecule has 0 spiro atoms. The molecule has 0 heterocycles. The predicted octanol–water partition coefficient (Wildman–Crippen LogP) is 1.17. The highest BCUT2D eigenvalue weighted by Gasteiger charge is 2.04. The van der Waals surface area contributed by atoms with Gasteiger partial charge in [-0.3, -0.25) is 0 Å². The first-order valence-corrected chi connectivity index (χ1v) is 4.78. The van der Waals surface area contributed by atoms with E-state index in [1.807, 2.05) is 13.1 Å². The third-order valence-electron chi connectivity index (χ3n) is 2.25. The fourth-order valence-electron chi connectivity index (χ4n) is 1.45. The van der Waals surface area contributed by atoms with Crippen LogP contribution in [0, 0.1) is 0 Å². The molecule has 0 fully saturated rings. The Morgan fingerprint density at radius 3 is 2.54 bits per heavy atom. The van der Waals surface area contributed by atoms with Crippen LogP contribution in [0.3, 0.4) is 0 Å². The van der Waals surface area contributed by atoms with Crippen LogP contribution < -0.4 is 11.1 Å². The van der Waals surface area contributed by atoms with Crippen molar-refractivity contribution in [3.8, 4) is 0 Å². The lowest BCUT2D eigenvalue weighted by Gasteiger charge is -2.14. The standard InChI is InChI=1S/C11H18N2/c1-13-11(7-8-12)9-10-5-3-2-4-6-10/h2-6,11,13H,7-9,12H2,1H3/t11-/m1/s1. The average molecular weight is 178 g/mol. The van der Waals surface area contributed by atoms with Crippen molar-refractivity contribution in [2.45, 2.75) is 18.9 Å². The SMILES string of the molecule is CN[C@H](CCN)Cc1ccccc1. The summed E-state index contributed by atoms with van der Waals surface area (Å²) < 4.78 is 0. The van der Waals surface area contributed by atoms with E-state index in [0.29, 0.717) is 6.04 Å². The lowest BCUT2D eigenvalue weighted by Crippen LogP contribution is -2.29. The van der Waals surface area contributed by atoms with E-state index in [-0.39, 0.29) is 0 Å². The van der Waals surface area contributed by atoms with Gasteiger partial charge in [-0.2, -0.15) is 0 Å². The first kappa shape index (κ1) is 10.2. The third-order valence-corrected chi connectivity index (χ3v) is 2.25. The Hall–Kier alpha value is -0.860. The van der Waals surface area contributed by atoms with Gasteiger partial charge >= 0.3 is 0 Å². The molecule has 0 aliphatic heterocycles. The summed E-state index contributed by atoms with van der Waals surface area (Å²) in [5.74, 6) is 0. The minimum atomic E-state index is 0.507. The Labute approximate surface area is 80.1 Å². The molecular formula is C11H18N2. The molecule has 0 saturated carbocycles. The molecule has 1 atom stereocenters. The molecule has 0 aromatic heterocycles. The number of likely N-dealkylation sites (N-methyl/N-ethyl adjacent to an activating group) is 1. The van der Waals surface area contributed by atoms with E-state index >= 15 is 0 Å². The minimum Gasteiger partial charge on any atom is -0.330 e. The van der Waals surface area contributed by atoms with Crippen LogP contribution in [0.15, 0.2) is 30.3 Å². The Bertz CT molecular complexity index is 221. The maximum atomic E-state index is 5.52. The molecule has 0 bridgehead atoms. The molecule has 0 unspecified atom stereocenters. The first-order valence-electron chi connectivity index (χ1n) is 4.78. The summed E-state index contributed by atoms with van der Waals surface area (Å²) in [7, 11) is 1.99. The van der Waals surface area contributed by atoms with Gasteiger partial charge in [-0.15, -0.1) is 0 Å². The maximum Gasteiger partial charge on any atom is 0.0116 e. The predicted molar refractivity (Wildman–Crippen MR) is 56.7 cm³/mol. The van der Waals surface area contributed by atoms with Gasteiger partial charge in [0.15, 0.2) is 0 Å². The van der Waals surface area contributed by atoms with Crippen LogP contribution in [0.1, 0.15) is 12.0 Å². The Kier molecular flexibility index (Phi) is 4.50. The highest BCUT2D eigenvalue weighted by atomic mass is 14.9. The van der Waals surface area contributed by atoms with E-state index in [9.17, 15) is 0 Å². The van der Waals surface area contributed by atoms with Crippen molar-refractivity contribution in [2.24, 2.45) is 5.73 Å². The van der Waals surface area contributed by atoms with Crippen molar-refractivity contribution in [1.82, 2.24) is 5.32 Å². The molecule has 3 N–H and O–H groups in total. The number of rotatable bonds is 5. The second-order valence-electron chi connectivity index (χ2n) is 3.25. The van der Waals surface area contributed by atoms with Crippen LogP contribution in [0.2, 0.25) is 0 Å². The highest BCUT2D eigenvalue weighted by Crippen LogP contribution is 2.04. The molecule has 0 saturated heterocycles. The van der Waals surface area contributed by atoms with E-state index < -0.39 is 0 Å². The smallest absolute Gasteiger partial charge is 0.0116 e. The van der Waals surface area contributed by atoms with Gasteiger partial charge in [0.25, 0.3) is 0 Å². The summed E-state index contributed by atoms with van der Waals surface area (Å²) in [6.45, 7) is 0.748. The molecular weight excluding hydrogens is 160 g/mol. The van der Waals surface area contributed by atoms with Crippen molar-refractivity contribution in [1.29, 1.82) is 0 Å². The Morgan fingerprint density at radius 2 is 2.00 bits per heavy atom. The largest absolute Gasteiger partial charge is 0.330 e. The van der Waals surface area contributed by atoms with E-state index in [0.717, 1.165) is 19.4 Å². The van der Waals surface area contributed by atoms with Crippen molar-refractivity contribution in [3.05, 3.63) is 35.9 Å². The summed E-state index contributed by atoms with van der Waals surface area (Å²) in [4.78, 5) is 0.